The smallest absolute Gasteiger partial charge is 0.164 e. The van der Waals surface area contributed by atoms with Crippen molar-refractivity contribution >= 4 is 11.5 Å². The summed E-state index contributed by atoms with van der Waals surface area (Å²) in [6.45, 7) is 3.17. The van der Waals surface area contributed by atoms with Gasteiger partial charge in [-0.1, -0.05) is 12.1 Å². The summed E-state index contributed by atoms with van der Waals surface area (Å²) in [5, 5.41) is 0. The molecule has 0 unspecified atom stereocenters. The Morgan fingerprint density at radius 3 is 2.75 bits per heavy atom. The molecule has 1 aromatic rings. The number of ketones is 1. The second kappa shape index (κ2) is 5.12. The van der Waals surface area contributed by atoms with Gasteiger partial charge in [0.15, 0.2) is 5.78 Å². The van der Waals surface area contributed by atoms with E-state index in [2.05, 4.69) is 4.90 Å². The van der Waals surface area contributed by atoms with Crippen molar-refractivity contribution in [2.75, 3.05) is 25.4 Å². The first kappa shape index (κ1) is 11.1. The monoisotopic (exact) mass is 218 g/mol. The van der Waals surface area contributed by atoms with E-state index in [0.717, 1.165) is 25.2 Å². The van der Waals surface area contributed by atoms with E-state index in [1.54, 1.807) is 12.1 Å². The van der Waals surface area contributed by atoms with Crippen molar-refractivity contribution < 1.29 is 4.79 Å². The molecule has 2 N–H and O–H groups in total. The number of nitrogens with two attached hydrogens (primary N) is 1. The first-order chi connectivity index (χ1) is 7.75. The number of benzene rings is 1. The Hall–Kier alpha value is -1.35. The van der Waals surface area contributed by atoms with Crippen LogP contribution in [0.1, 0.15) is 29.6 Å². The van der Waals surface area contributed by atoms with Crippen LogP contribution in [0.3, 0.4) is 0 Å². The molecule has 0 aliphatic carbocycles. The van der Waals surface area contributed by atoms with Gasteiger partial charge < -0.3 is 10.6 Å². The predicted octanol–water partition coefficient (Wildman–Crippen LogP) is 1.94. The number of rotatable bonds is 4. The molecule has 0 atom stereocenters. The van der Waals surface area contributed by atoms with Gasteiger partial charge in [0.05, 0.1) is 0 Å². The molecule has 1 fully saturated rings. The number of likely N-dealkylation sites (tertiary alicyclic amines) is 1. The van der Waals surface area contributed by atoms with Crippen molar-refractivity contribution in [2.24, 2.45) is 0 Å². The standard InChI is InChI=1S/C13H18N2O/c14-12-5-3-4-11(10-12)13(16)6-9-15-7-1-2-8-15/h3-5,10H,1-2,6-9,14H2. The third-order valence-electron chi connectivity index (χ3n) is 3.06. The minimum absolute atomic E-state index is 0.194. The molecule has 2 rings (SSSR count). The van der Waals surface area contributed by atoms with Crippen molar-refractivity contribution in [2.45, 2.75) is 19.3 Å². The number of hydrogen-bond acceptors (Lipinski definition) is 3. The van der Waals surface area contributed by atoms with Crippen LogP contribution in [-0.4, -0.2) is 30.3 Å². The molecule has 0 aromatic heterocycles. The van der Waals surface area contributed by atoms with Crippen LogP contribution < -0.4 is 5.73 Å². The second-order valence-corrected chi connectivity index (χ2v) is 4.35. The molecule has 1 aliphatic rings. The van der Waals surface area contributed by atoms with E-state index >= 15 is 0 Å². The average molecular weight is 218 g/mol. The number of nitrogens with zero attached hydrogens (tertiary/aromatic N) is 1. The summed E-state index contributed by atoms with van der Waals surface area (Å²) in [7, 11) is 0. The summed E-state index contributed by atoms with van der Waals surface area (Å²) in [5.74, 6) is 0.194. The molecular formula is C13H18N2O. The SMILES string of the molecule is Nc1cccc(C(=O)CCN2CCCC2)c1. The third kappa shape index (κ3) is 2.83. The van der Waals surface area contributed by atoms with Crippen LogP contribution >= 0.6 is 0 Å². The van der Waals surface area contributed by atoms with E-state index in [1.807, 2.05) is 12.1 Å². The van der Waals surface area contributed by atoms with E-state index in [4.69, 9.17) is 5.73 Å². The second-order valence-electron chi connectivity index (χ2n) is 4.35. The zero-order valence-corrected chi connectivity index (χ0v) is 9.48. The molecule has 16 heavy (non-hydrogen) atoms. The topological polar surface area (TPSA) is 46.3 Å². The lowest BCUT2D eigenvalue weighted by atomic mass is 10.1. The van der Waals surface area contributed by atoms with Gasteiger partial charge in [-0.15, -0.1) is 0 Å². The molecule has 1 aromatic carbocycles. The number of carbonyl (C=O) groups excluding carboxylic acids is 1. The molecule has 0 saturated carbocycles. The lowest BCUT2D eigenvalue weighted by Gasteiger charge is -2.13. The van der Waals surface area contributed by atoms with Gasteiger partial charge in [0.2, 0.25) is 0 Å². The highest BCUT2D eigenvalue weighted by molar-refractivity contribution is 5.96. The van der Waals surface area contributed by atoms with Gasteiger partial charge in [-0.2, -0.15) is 0 Å². The minimum atomic E-state index is 0.194. The number of Topliss-reactive ketones (excluding diaryl/α,β-unsaturated/α-hetero) is 1. The van der Waals surface area contributed by atoms with Gasteiger partial charge in [-0.3, -0.25) is 4.79 Å². The maximum atomic E-state index is 11.9. The van der Waals surface area contributed by atoms with Gasteiger partial charge in [0.1, 0.15) is 0 Å². The van der Waals surface area contributed by atoms with Crippen LogP contribution in [0.5, 0.6) is 0 Å². The Balaban J connectivity index is 1.87. The summed E-state index contributed by atoms with van der Waals surface area (Å²) in [6, 6.07) is 7.23. The van der Waals surface area contributed by atoms with Gasteiger partial charge >= 0.3 is 0 Å². The van der Waals surface area contributed by atoms with E-state index in [-0.39, 0.29) is 5.78 Å². The zero-order chi connectivity index (χ0) is 11.4. The van der Waals surface area contributed by atoms with E-state index in [0.29, 0.717) is 12.1 Å². The fraction of sp³-hybridized carbons (Fsp3) is 0.462. The number of anilines is 1. The largest absolute Gasteiger partial charge is 0.399 e. The van der Waals surface area contributed by atoms with Crippen molar-refractivity contribution in [3.63, 3.8) is 0 Å². The Labute approximate surface area is 96.2 Å². The van der Waals surface area contributed by atoms with E-state index in [9.17, 15) is 4.79 Å². The van der Waals surface area contributed by atoms with Crippen LogP contribution in [0.4, 0.5) is 5.69 Å². The molecule has 3 heteroatoms. The molecule has 0 amide bonds. The first-order valence-electron chi connectivity index (χ1n) is 5.87. The molecular weight excluding hydrogens is 200 g/mol. The summed E-state index contributed by atoms with van der Waals surface area (Å²) in [5.41, 5.74) is 7.05. The average Bonchev–Trinajstić information content (AvgIpc) is 2.78. The van der Waals surface area contributed by atoms with Gasteiger partial charge in [-0.25, -0.2) is 0 Å². The van der Waals surface area contributed by atoms with Crippen LogP contribution in [0.15, 0.2) is 24.3 Å². The number of nitrogen functional groups attached to an aromatic ring is 1. The summed E-state index contributed by atoms with van der Waals surface area (Å²) < 4.78 is 0. The van der Waals surface area contributed by atoms with Crippen molar-refractivity contribution in [3.8, 4) is 0 Å². The molecule has 0 bridgehead atoms. The molecule has 1 heterocycles. The molecule has 0 spiro atoms. The van der Waals surface area contributed by atoms with E-state index in [1.165, 1.54) is 12.8 Å². The molecule has 3 nitrogen and oxygen atoms in total. The maximum absolute atomic E-state index is 11.9. The number of hydrogen-bond donors (Lipinski definition) is 1. The minimum Gasteiger partial charge on any atom is -0.399 e. The summed E-state index contributed by atoms with van der Waals surface area (Å²) >= 11 is 0. The maximum Gasteiger partial charge on any atom is 0.164 e. The van der Waals surface area contributed by atoms with E-state index < -0.39 is 0 Å². The van der Waals surface area contributed by atoms with Gasteiger partial charge in [0.25, 0.3) is 0 Å². The molecule has 1 saturated heterocycles. The van der Waals surface area contributed by atoms with Gasteiger partial charge in [0, 0.05) is 24.2 Å². The molecule has 86 valence electrons. The number of carbonyl (C=O) groups is 1. The first-order valence-corrected chi connectivity index (χ1v) is 5.87. The van der Waals surface area contributed by atoms with Crippen molar-refractivity contribution in [1.29, 1.82) is 0 Å². The normalized spacial score (nSPS) is 16.5. The van der Waals surface area contributed by atoms with Crippen LogP contribution in [-0.2, 0) is 0 Å². The quantitative estimate of drug-likeness (QED) is 0.620. The molecule has 1 aliphatic heterocycles. The Bertz CT molecular complexity index is 370. The molecule has 0 radical (unpaired) electrons. The van der Waals surface area contributed by atoms with Crippen LogP contribution in [0.2, 0.25) is 0 Å². The lowest BCUT2D eigenvalue weighted by molar-refractivity contribution is 0.0969. The predicted molar refractivity (Wildman–Crippen MR) is 65.5 cm³/mol. The van der Waals surface area contributed by atoms with Gasteiger partial charge in [-0.05, 0) is 38.1 Å². The Kier molecular flexibility index (Phi) is 3.57. The van der Waals surface area contributed by atoms with Crippen molar-refractivity contribution in [3.05, 3.63) is 29.8 Å². The fourth-order valence-electron chi connectivity index (χ4n) is 2.12. The Morgan fingerprint density at radius 2 is 2.06 bits per heavy atom. The van der Waals surface area contributed by atoms with Crippen LogP contribution in [0, 0.1) is 0 Å². The fourth-order valence-corrected chi connectivity index (χ4v) is 2.12. The highest BCUT2D eigenvalue weighted by atomic mass is 16.1. The summed E-state index contributed by atoms with van der Waals surface area (Å²) in [6.07, 6.45) is 3.14. The van der Waals surface area contributed by atoms with Crippen LogP contribution in [0.25, 0.3) is 0 Å². The zero-order valence-electron chi connectivity index (χ0n) is 9.48. The highest BCUT2D eigenvalue weighted by Crippen LogP contribution is 2.12. The lowest BCUT2D eigenvalue weighted by Crippen LogP contribution is -2.22. The summed E-state index contributed by atoms with van der Waals surface area (Å²) in [4.78, 5) is 14.2. The third-order valence-corrected chi connectivity index (χ3v) is 3.06. The van der Waals surface area contributed by atoms with Crippen molar-refractivity contribution in [1.82, 2.24) is 4.90 Å². The Morgan fingerprint density at radius 1 is 1.31 bits per heavy atom. The highest BCUT2D eigenvalue weighted by Gasteiger charge is 2.13.